The van der Waals surface area contributed by atoms with Crippen molar-refractivity contribution in [3.05, 3.63) is 35.9 Å². The molecule has 1 saturated heterocycles. The second kappa shape index (κ2) is 19.3. The van der Waals surface area contributed by atoms with E-state index in [1.54, 1.807) is 12.1 Å². The number of hydrogen-bond donors (Lipinski definition) is 8. The van der Waals surface area contributed by atoms with Crippen LogP contribution in [-0.2, 0) is 40.0 Å². The van der Waals surface area contributed by atoms with Crippen LogP contribution in [0.25, 0.3) is 0 Å². The molecule has 260 valence electrons. The number of nitrogens with two attached hydrogens (primary N) is 3. The van der Waals surface area contributed by atoms with Crippen LogP contribution < -0.4 is 38.5 Å². The maximum absolute atomic E-state index is 13.7. The number of nitrogens with zero attached hydrogens (tertiary/aromatic N) is 1. The largest absolute Gasteiger partial charge is 0.394 e. The van der Waals surface area contributed by atoms with Crippen molar-refractivity contribution in [1.29, 1.82) is 0 Å². The molecule has 1 unspecified atom stereocenters. The molecule has 0 bridgehead atoms. The number of primary amides is 2. The molecule has 2 rings (SSSR count). The minimum atomic E-state index is -1.52. The minimum absolute atomic E-state index is 0.0627. The van der Waals surface area contributed by atoms with Gasteiger partial charge in [-0.05, 0) is 43.7 Å². The average Bonchev–Trinajstić information content (AvgIpc) is 3.57. The summed E-state index contributed by atoms with van der Waals surface area (Å²) in [6.07, 6.45) is 1.12. The standard InChI is InChI=1S/C31H48N8O8/c1-18(2)25(17-41)39(31(47)23-9-6-12-35-23)15-20(13-19-7-4-3-5-8-19)36-30(46)24(14-27(34)43)38-29(45)22(10-11-26(33)42)37-28(44)21(32)16-40/h3-5,7-8,17-18,20-25,35,40H,6,9-16,32H2,1-2H3,(H2,33,42)(H2,34,43)(H,36,46)(H,37,44)(H,38,45)/t20?,21-,22-,23-,24-,25+/m0/s1. The van der Waals surface area contributed by atoms with E-state index < -0.39 is 78.8 Å². The molecule has 6 amide bonds. The zero-order valence-corrected chi connectivity index (χ0v) is 26.9. The van der Waals surface area contributed by atoms with Gasteiger partial charge in [0.25, 0.3) is 0 Å². The molecule has 1 aliphatic heterocycles. The maximum Gasteiger partial charge on any atom is 0.243 e. The van der Waals surface area contributed by atoms with Crippen LogP contribution in [-0.4, -0.2) is 108 Å². The molecule has 0 spiro atoms. The fourth-order valence-electron chi connectivity index (χ4n) is 5.24. The van der Waals surface area contributed by atoms with Gasteiger partial charge in [0.2, 0.25) is 35.4 Å². The number of amides is 6. The van der Waals surface area contributed by atoms with Crippen LogP contribution in [0.15, 0.2) is 30.3 Å². The highest BCUT2D eigenvalue weighted by Crippen LogP contribution is 2.17. The molecule has 0 radical (unpaired) electrons. The van der Waals surface area contributed by atoms with Crippen LogP contribution in [0.3, 0.4) is 0 Å². The first kappa shape index (κ1) is 38.8. The molecule has 0 saturated carbocycles. The normalized spacial score (nSPS) is 17.4. The first-order chi connectivity index (χ1) is 22.3. The first-order valence-corrected chi connectivity index (χ1v) is 15.6. The summed E-state index contributed by atoms with van der Waals surface area (Å²) in [5.41, 5.74) is 17.0. The Kier molecular flexibility index (Phi) is 15.9. The number of aldehydes is 1. The Hall–Kier alpha value is -4.41. The second-order valence-corrected chi connectivity index (χ2v) is 12.0. The van der Waals surface area contributed by atoms with Crippen LogP contribution in [0.1, 0.15) is 51.5 Å². The molecule has 1 aliphatic rings. The van der Waals surface area contributed by atoms with Gasteiger partial charge in [-0.15, -0.1) is 0 Å². The Morgan fingerprint density at radius 3 is 2.15 bits per heavy atom. The van der Waals surface area contributed by atoms with Crippen molar-refractivity contribution in [3.8, 4) is 0 Å². The van der Waals surface area contributed by atoms with Crippen molar-refractivity contribution in [2.75, 3.05) is 19.7 Å². The zero-order chi connectivity index (χ0) is 35.1. The van der Waals surface area contributed by atoms with Crippen molar-refractivity contribution < 1.29 is 38.7 Å². The van der Waals surface area contributed by atoms with Gasteiger partial charge < -0.3 is 53.3 Å². The molecule has 16 heteroatoms. The van der Waals surface area contributed by atoms with Gasteiger partial charge in [-0.25, -0.2) is 0 Å². The fourth-order valence-corrected chi connectivity index (χ4v) is 5.24. The Morgan fingerprint density at radius 2 is 1.62 bits per heavy atom. The molecule has 1 aromatic carbocycles. The van der Waals surface area contributed by atoms with Crippen LogP contribution in [0.4, 0.5) is 0 Å². The summed E-state index contributed by atoms with van der Waals surface area (Å²) in [7, 11) is 0. The summed E-state index contributed by atoms with van der Waals surface area (Å²) in [5, 5.41) is 19.9. The third kappa shape index (κ3) is 12.7. The lowest BCUT2D eigenvalue weighted by atomic mass is 9.99. The molecule has 1 fully saturated rings. The van der Waals surface area contributed by atoms with E-state index in [4.69, 9.17) is 17.2 Å². The maximum atomic E-state index is 13.7. The van der Waals surface area contributed by atoms with Gasteiger partial charge in [0, 0.05) is 13.0 Å². The number of hydrogen-bond acceptors (Lipinski definition) is 10. The summed E-state index contributed by atoms with van der Waals surface area (Å²) in [6.45, 7) is 3.50. The van der Waals surface area contributed by atoms with Gasteiger partial charge in [0.1, 0.15) is 24.4 Å². The number of nitrogens with one attached hydrogen (secondary N) is 4. The molecular weight excluding hydrogens is 612 g/mol. The van der Waals surface area contributed by atoms with E-state index in [1.165, 1.54) is 4.90 Å². The Labute approximate surface area is 273 Å². The predicted octanol–water partition coefficient (Wildman–Crippen LogP) is -3.05. The summed E-state index contributed by atoms with van der Waals surface area (Å²) in [6, 6.07) is 2.74. The number of rotatable bonds is 20. The highest BCUT2D eigenvalue weighted by atomic mass is 16.3. The van der Waals surface area contributed by atoms with Crippen molar-refractivity contribution in [2.24, 2.45) is 23.1 Å². The number of aliphatic hydroxyl groups is 1. The topological polar surface area (TPSA) is 269 Å². The Morgan fingerprint density at radius 1 is 0.979 bits per heavy atom. The van der Waals surface area contributed by atoms with Gasteiger partial charge in [0.15, 0.2) is 0 Å². The lowest BCUT2D eigenvalue weighted by Crippen LogP contribution is -2.60. The number of benzene rings is 1. The van der Waals surface area contributed by atoms with Crippen molar-refractivity contribution >= 4 is 41.7 Å². The quantitative estimate of drug-likeness (QED) is 0.0655. The van der Waals surface area contributed by atoms with Gasteiger partial charge in [-0.1, -0.05) is 44.2 Å². The third-order valence-corrected chi connectivity index (χ3v) is 7.80. The van der Waals surface area contributed by atoms with E-state index in [0.717, 1.165) is 12.0 Å². The van der Waals surface area contributed by atoms with Gasteiger partial charge in [-0.3, -0.25) is 28.8 Å². The molecular formula is C31H48N8O8. The van der Waals surface area contributed by atoms with Crippen LogP contribution >= 0.6 is 0 Å². The highest BCUT2D eigenvalue weighted by Gasteiger charge is 2.36. The zero-order valence-electron chi connectivity index (χ0n) is 26.9. The smallest absolute Gasteiger partial charge is 0.243 e. The van der Waals surface area contributed by atoms with Crippen LogP contribution in [0, 0.1) is 5.92 Å². The first-order valence-electron chi connectivity index (χ1n) is 15.6. The van der Waals surface area contributed by atoms with Crippen molar-refractivity contribution in [3.63, 3.8) is 0 Å². The average molecular weight is 661 g/mol. The number of carbonyl (C=O) groups excluding carboxylic acids is 7. The summed E-state index contributed by atoms with van der Waals surface area (Å²) >= 11 is 0. The van der Waals surface area contributed by atoms with E-state index in [2.05, 4.69) is 21.3 Å². The van der Waals surface area contributed by atoms with E-state index in [9.17, 15) is 38.7 Å². The Balaban J connectivity index is 2.39. The van der Waals surface area contributed by atoms with Gasteiger partial charge in [0.05, 0.1) is 31.2 Å². The molecule has 1 heterocycles. The summed E-state index contributed by atoms with van der Waals surface area (Å²) in [5.74, 6) is -4.85. The SMILES string of the molecule is CC(C)[C@@H](C=O)N(CC(Cc1ccccc1)NC(=O)[C@H](CC(N)=O)NC(=O)[C@H](CCC(N)=O)NC(=O)[C@@H](N)CO)C(=O)[C@@H]1CCCN1. The molecule has 47 heavy (non-hydrogen) atoms. The lowest BCUT2D eigenvalue weighted by molar-refractivity contribution is -0.140. The van der Waals surface area contributed by atoms with Crippen molar-refractivity contribution in [2.45, 2.75) is 88.6 Å². The third-order valence-electron chi connectivity index (χ3n) is 7.80. The fraction of sp³-hybridized carbons (Fsp3) is 0.581. The summed E-state index contributed by atoms with van der Waals surface area (Å²) in [4.78, 5) is 90.1. The lowest BCUT2D eigenvalue weighted by Gasteiger charge is -2.36. The molecule has 6 atom stereocenters. The van der Waals surface area contributed by atoms with E-state index in [0.29, 0.717) is 19.3 Å². The second-order valence-electron chi connectivity index (χ2n) is 12.0. The van der Waals surface area contributed by atoms with E-state index in [1.807, 2.05) is 32.0 Å². The van der Waals surface area contributed by atoms with E-state index in [-0.39, 0.29) is 37.6 Å². The molecule has 16 nitrogen and oxygen atoms in total. The summed E-state index contributed by atoms with van der Waals surface area (Å²) < 4.78 is 0. The molecule has 0 aromatic heterocycles. The number of aliphatic hydroxyl groups excluding tert-OH is 1. The molecule has 1 aromatic rings. The Bertz CT molecular complexity index is 1240. The molecule has 0 aliphatic carbocycles. The number of carbonyl (C=O) groups is 7. The van der Waals surface area contributed by atoms with Gasteiger partial charge in [-0.2, -0.15) is 0 Å². The predicted molar refractivity (Wildman–Crippen MR) is 171 cm³/mol. The highest BCUT2D eigenvalue weighted by molar-refractivity contribution is 5.95. The monoisotopic (exact) mass is 660 g/mol. The van der Waals surface area contributed by atoms with Crippen molar-refractivity contribution in [1.82, 2.24) is 26.2 Å². The van der Waals surface area contributed by atoms with Crippen LogP contribution in [0.5, 0.6) is 0 Å². The van der Waals surface area contributed by atoms with Gasteiger partial charge >= 0.3 is 0 Å². The van der Waals surface area contributed by atoms with E-state index >= 15 is 0 Å². The van der Waals surface area contributed by atoms with Crippen LogP contribution in [0.2, 0.25) is 0 Å². The minimum Gasteiger partial charge on any atom is -0.394 e. The molecule has 11 N–H and O–H groups in total.